The van der Waals surface area contributed by atoms with Crippen LogP contribution in [0.15, 0.2) is 41.8 Å². The Kier molecular flexibility index (Phi) is 7.26. The highest BCUT2D eigenvalue weighted by atomic mass is 32.1. The normalized spacial score (nSPS) is 13.5. The molecular weight excluding hydrogens is 320 g/mol. The Morgan fingerprint density at radius 1 is 1.25 bits per heavy atom. The zero-order valence-corrected chi connectivity index (χ0v) is 14.9. The first-order chi connectivity index (χ1) is 11.6. The number of ether oxygens (including phenoxy) is 1. The van der Waals surface area contributed by atoms with Crippen molar-refractivity contribution in [2.75, 3.05) is 13.2 Å². The molecule has 0 aliphatic heterocycles. The van der Waals surface area contributed by atoms with E-state index < -0.39 is 6.10 Å². The quantitative estimate of drug-likeness (QED) is 0.730. The summed E-state index contributed by atoms with van der Waals surface area (Å²) < 4.78 is 5.61. The van der Waals surface area contributed by atoms with Crippen molar-refractivity contribution in [3.8, 4) is 11.8 Å². The van der Waals surface area contributed by atoms with Gasteiger partial charge < -0.3 is 15.2 Å². The van der Waals surface area contributed by atoms with Crippen LogP contribution >= 0.6 is 11.3 Å². The lowest BCUT2D eigenvalue weighted by Gasteiger charge is -2.23. The highest BCUT2D eigenvalue weighted by Crippen LogP contribution is 2.25. The summed E-state index contributed by atoms with van der Waals surface area (Å²) in [5, 5.41) is 24.3. The second-order valence-electron chi connectivity index (χ2n) is 6.09. The van der Waals surface area contributed by atoms with Crippen LogP contribution in [0.5, 0.6) is 5.75 Å². The molecule has 1 aromatic carbocycles. The lowest BCUT2D eigenvalue weighted by atomic mass is 10.0. The molecule has 0 aliphatic carbocycles. The van der Waals surface area contributed by atoms with Gasteiger partial charge in [-0.3, -0.25) is 0 Å². The smallest absolute Gasteiger partial charge is 0.119 e. The van der Waals surface area contributed by atoms with Gasteiger partial charge in [-0.25, -0.2) is 0 Å². The molecule has 0 radical (unpaired) electrons. The van der Waals surface area contributed by atoms with Crippen molar-refractivity contribution in [3.05, 3.63) is 52.2 Å². The Morgan fingerprint density at radius 3 is 2.58 bits per heavy atom. The fourth-order valence-electron chi connectivity index (χ4n) is 2.44. The van der Waals surface area contributed by atoms with Crippen molar-refractivity contribution >= 4 is 11.3 Å². The minimum absolute atomic E-state index is 0.236. The van der Waals surface area contributed by atoms with Gasteiger partial charge in [-0.2, -0.15) is 5.26 Å². The van der Waals surface area contributed by atoms with Gasteiger partial charge in [-0.05, 0) is 35.1 Å². The fourth-order valence-corrected chi connectivity index (χ4v) is 3.42. The van der Waals surface area contributed by atoms with Crippen molar-refractivity contribution in [1.29, 1.82) is 5.26 Å². The van der Waals surface area contributed by atoms with E-state index in [9.17, 15) is 5.11 Å². The first kappa shape index (κ1) is 18.5. The second-order valence-corrected chi connectivity index (χ2v) is 7.07. The minimum atomic E-state index is -0.579. The van der Waals surface area contributed by atoms with Crippen LogP contribution in [0, 0.1) is 17.2 Å². The number of nitrogens with one attached hydrogen (secondary N) is 1. The van der Waals surface area contributed by atoms with E-state index in [2.05, 4.69) is 36.7 Å². The van der Waals surface area contributed by atoms with Gasteiger partial charge in [0.05, 0.1) is 12.5 Å². The average molecular weight is 344 g/mol. The largest absolute Gasteiger partial charge is 0.491 e. The molecule has 4 nitrogen and oxygen atoms in total. The summed E-state index contributed by atoms with van der Waals surface area (Å²) in [7, 11) is 0. The maximum absolute atomic E-state index is 10.2. The van der Waals surface area contributed by atoms with Gasteiger partial charge in [0.2, 0.25) is 0 Å². The monoisotopic (exact) mass is 344 g/mol. The van der Waals surface area contributed by atoms with Crippen LogP contribution in [0.1, 0.15) is 30.3 Å². The molecule has 0 spiro atoms. The molecule has 1 aromatic heterocycles. The molecule has 128 valence electrons. The third kappa shape index (κ3) is 5.64. The Labute approximate surface area is 147 Å². The maximum Gasteiger partial charge on any atom is 0.119 e. The van der Waals surface area contributed by atoms with Crippen molar-refractivity contribution < 1.29 is 9.84 Å². The summed E-state index contributed by atoms with van der Waals surface area (Å²) in [5.74, 6) is 1.15. The summed E-state index contributed by atoms with van der Waals surface area (Å²) in [4.78, 5) is 1.28. The van der Waals surface area contributed by atoms with Crippen molar-refractivity contribution in [2.45, 2.75) is 32.4 Å². The number of aliphatic hydroxyl groups excluding tert-OH is 1. The Hall–Kier alpha value is -1.87. The van der Waals surface area contributed by atoms with Gasteiger partial charge in [0.25, 0.3) is 0 Å². The van der Waals surface area contributed by atoms with E-state index in [0.29, 0.717) is 24.6 Å². The number of rotatable bonds is 9. The number of nitriles is 1. The lowest BCUT2D eigenvalue weighted by Crippen LogP contribution is -2.35. The number of aliphatic hydroxyl groups is 1. The fraction of sp³-hybridized carbons (Fsp3) is 0.421. The van der Waals surface area contributed by atoms with E-state index in [-0.39, 0.29) is 12.6 Å². The highest BCUT2D eigenvalue weighted by Gasteiger charge is 2.17. The molecule has 0 bridgehead atoms. The SMILES string of the molecule is CC(C)[C@@H](NC[C@@H](O)COc1ccc(CC#N)cc1)c1cccs1. The van der Waals surface area contributed by atoms with Crippen LogP contribution in [-0.4, -0.2) is 24.4 Å². The van der Waals surface area contributed by atoms with Crippen LogP contribution in [0.2, 0.25) is 0 Å². The molecule has 0 aliphatic rings. The van der Waals surface area contributed by atoms with Crippen LogP contribution in [0.25, 0.3) is 0 Å². The third-order valence-electron chi connectivity index (χ3n) is 3.74. The first-order valence-electron chi connectivity index (χ1n) is 8.13. The Morgan fingerprint density at radius 2 is 2.00 bits per heavy atom. The molecule has 24 heavy (non-hydrogen) atoms. The van der Waals surface area contributed by atoms with E-state index in [4.69, 9.17) is 10.00 Å². The maximum atomic E-state index is 10.2. The zero-order valence-electron chi connectivity index (χ0n) is 14.1. The molecule has 0 saturated carbocycles. The lowest BCUT2D eigenvalue weighted by molar-refractivity contribution is 0.102. The molecule has 5 heteroatoms. The number of hydrogen-bond acceptors (Lipinski definition) is 5. The van der Waals surface area contributed by atoms with Gasteiger partial charge >= 0.3 is 0 Å². The van der Waals surface area contributed by atoms with Crippen molar-refractivity contribution in [1.82, 2.24) is 5.32 Å². The van der Waals surface area contributed by atoms with Crippen LogP contribution < -0.4 is 10.1 Å². The number of thiophene rings is 1. The molecule has 0 fully saturated rings. The average Bonchev–Trinajstić information content (AvgIpc) is 3.08. The molecule has 2 rings (SSSR count). The number of nitrogens with zero attached hydrogens (tertiary/aromatic N) is 1. The topological polar surface area (TPSA) is 65.3 Å². The Bertz CT molecular complexity index is 632. The van der Waals surface area contributed by atoms with Gasteiger partial charge in [-0.1, -0.05) is 32.0 Å². The summed E-state index contributed by atoms with van der Waals surface area (Å²) in [5.41, 5.74) is 0.961. The van der Waals surface area contributed by atoms with Gasteiger partial charge in [0.1, 0.15) is 18.5 Å². The predicted molar refractivity (Wildman–Crippen MR) is 97.2 cm³/mol. The first-order valence-corrected chi connectivity index (χ1v) is 9.01. The zero-order chi connectivity index (χ0) is 17.4. The molecule has 0 amide bonds. The summed E-state index contributed by atoms with van der Waals surface area (Å²) in [6, 6.07) is 13.9. The summed E-state index contributed by atoms with van der Waals surface area (Å²) in [6.07, 6.45) is -0.184. The van der Waals surface area contributed by atoms with E-state index >= 15 is 0 Å². The molecule has 1 heterocycles. The highest BCUT2D eigenvalue weighted by molar-refractivity contribution is 7.10. The summed E-state index contributed by atoms with van der Waals surface area (Å²) in [6.45, 7) is 5.05. The van der Waals surface area contributed by atoms with Gasteiger partial charge in [-0.15, -0.1) is 11.3 Å². The predicted octanol–water partition coefficient (Wildman–Crippen LogP) is 3.54. The third-order valence-corrected chi connectivity index (χ3v) is 4.69. The van der Waals surface area contributed by atoms with Crippen molar-refractivity contribution in [3.63, 3.8) is 0 Å². The molecule has 2 atom stereocenters. The second kappa shape index (κ2) is 9.43. The molecule has 0 unspecified atom stereocenters. The number of benzene rings is 1. The van der Waals surface area contributed by atoms with E-state index in [1.54, 1.807) is 11.3 Å². The minimum Gasteiger partial charge on any atom is -0.491 e. The molecule has 2 N–H and O–H groups in total. The summed E-state index contributed by atoms with van der Waals surface area (Å²) >= 11 is 1.73. The molecular formula is C19H24N2O2S. The van der Waals surface area contributed by atoms with E-state index in [1.165, 1.54) is 4.88 Å². The number of hydrogen-bond donors (Lipinski definition) is 2. The van der Waals surface area contributed by atoms with Crippen LogP contribution in [0.3, 0.4) is 0 Å². The van der Waals surface area contributed by atoms with E-state index in [1.807, 2.05) is 30.3 Å². The van der Waals surface area contributed by atoms with Gasteiger partial charge in [0.15, 0.2) is 0 Å². The van der Waals surface area contributed by atoms with E-state index in [0.717, 1.165) is 5.56 Å². The standard InChI is InChI=1S/C19H24N2O2S/c1-14(2)19(18-4-3-11-24-18)21-12-16(22)13-23-17-7-5-15(6-8-17)9-10-20/h3-8,11,14,16,19,21-22H,9,12-13H2,1-2H3/t16-,19-/m1/s1. The van der Waals surface area contributed by atoms with Crippen molar-refractivity contribution in [2.24, 2.45) is 5.92 Å². The van der Waals surface area contributed by atoms with Gasteiger partial charge in [0, 0.05) is 17.5 Å². The molecule has 2 aromatic rings. The molecule has 0 saturated heterocycles. The Balaban J connectivity index is 1.78. The van der Waals surface area contributed by atoms with Crippen LogP contribution in [-0.2, 0) is 6.42 Å². The van der Waals surface area contributed by atoms with Crippen LogP contribution in [0.4, 0.5) is 0 Å².